The van der Waals surface area contributed by atoms with Crippen molar-refractivity contribution in [2.24, 2.45) is 5.92 Å². The van der Waals surface area contributed by atoms with Crippen molar-refractivity contribution in [1.82, 2.24) is 15.7 Å². The smallest absolute Gasteiger partial charge is 0.414 e. The second-order valence-electron chi connectivity index (χ2n) is 8.71. The molecular formula is C22H27F4N5O5. The summed E-state index contributed by atoms with van der Waals surface area (Å²) in [5.74, 6) is -3.65. The Morgan fingerprint density at radius 1 is 1.11 bits per heavy atom. The van der Waals surface area contributed by atoms with Crippen LogP contribution in [-0.4, -0.2) is 87.9 Å². The van der Waals surface area contributed by atoms with Crippen LogP contribution < -0.4 is 20.4 Å². The molecule has 1 aromatic carbocycles. The van der Waals surface area contributed by atoms with Crippen molar-refractivity contribution in [3.05, 3.63) is 23.8 Å². The maximum Gasteiger partial charge on any atom is 0.414 e. The van der Waals surface area contributed by atoms with E-state index in [1.807, 2.05) is 5.32 Å². The number of alkyl halides is 2. The van der Waals surface area contributed by atoms with Gasteiger partial charge in [0.1, 0.15) is 11.8 Å². The van der Waals surface area contributed by atoms with Crippen LogP contribution in [0.3, 0.4) is 0 Å². The van der Waals surface area contributed by atoms with E-state index >= 15 is 8.78 Å². The second-order valence-corrected chi connectivity index (χ2v) is 8.71. The van der Waals surface area contributed by atoms with Gasteiger partial charge in [-0.25, -0.2) is 18.6 Å². The van der Waals surface area contributed by atoms with Crippen LogP contribution >= 0.6 is 0 Å². The summed E-state index contributed by atoms with van der Waals surface area (Å²) in [7, 11) is 0. The molecule has 0 aromatic heterocycles. The van der Waals surface area contributed by atoms with Crippen LogP contribution in [0, 0.1) is 17.6 Å². The van der Waals surface area contributed by atoms with E-state index in [4.69, 9.17) is 9.57 Å². The molecule has 0 saturated carbocycles. The highest BCUT2D eigenvalue weighted by Gasteiger charge is 2.35. The molecule has 14 heteroatoms. The summed E-state index contributed by atoms with van der Waals surface area (Å²) >= 11 is 0. The normalized spacial score (nSPS) is 21.5. The number of carbonyl (C=O) groups excluding carboxylic acids is 3. The topological polar surface area (TPSA) is 103 Å². The van der Waals surface area contributed by atoms with Gasteiger partial charge in [-0.1, -0.05) is 0 Å². The van der Waals surface area contributed by atoms with Gasteiger partial charge in [0, 0.05) is 31.1 Å². The van der Waals surface area contributed by atoms with Gasteiger partial charge >= 0.3 is 12.5 Å². The number of nitrogens with one attached hydrogen (secondary N) is 2. The number of hydrogen-bond acceptors (Lipinski definition) is 7. The molecule has 0 bridgehead atoms. The van der Waals surface area contributed by atoms with Crippen molar-refractivity contribution in [2.75, 3.05) is 62.2 Å². The Hall–Kier alpha value is -3.13. The highest BCUT2D eigenvalue weighted by molar-refractivity contribution is 5.90. The summed E-state index contributed by atoms with van der Waals surface area (Å²) in [6, 6.07) is 1.95. The highest BCUT2D eigenvalue weighted by Crippen LogP contribution is 2.31. The third-order valence-electron chi connectivity index (χ3n) is 6.32. The van der Waals surface area contributed by atoms with Gasteiger partial charge in [-0.05, 0) is 25.9 Å². The standard InChI is InChI=1S/C22H27F4N5O5/c23-16-9-14(30-12-15(36-22(30)34)11-28-20(32)19(25)26)10-17(24)18(16)29-5-6-31(35-8-7-29)21(33)13-1-3-27-4-2-13/h9-10,13,15,19,27H,1-8,11-12H2,(H,28,32). The summed E-state index contributed by atoms with van der Waals surface area (Å²) in [6.45, 7) is 1.41. The van der Waals surface area contributed by atoms with Gasteiger partial charge in [0.2, 0.25) is 5.91 Å². The van der Waals surface area contributed by atoms with E-state index in [0.29, 0.717) is 12.8 Å². The summed E-state index contributed by atoms with van der Waals surface area (Å²) in [5, 5.41) is 6.40. The summed E-state index contributed by atoms with van der Waals surface area (Å²) < 4.78 is 59.8. The first-order chi connectivity index (χ1) is 17.2. The predicted octanol–water partition coefficient (Wildman–Crippen LogP) is 1.25. The van der Waals surface area contributed by atoms with Gasteiger partial charge in [-0.3, -0.25) is 19.3 Å². The average Bonchev–Trinajstić information content (AvgIpc) is 3.06. The van der Waals surface area contributed by atoms with Gasteiger partial charge < -0.3 is 20.3 Å². The number of hydroxylamine groups is 2. The fourth-order valence-corrected chi connectivity index (χ4v) is 4.46. The molecule has 10 nitrogen and oxygen atoms in total. The molecule has 1 aromatic rings. The van der Waals surface area contributed by atoms with Gasteiger partial charge in [-0.15, -0.1) is 0 Å². The Morgan fingerprint density at radius 2 is 1.81 bits per heavy atom. The van der Waals surface area contributed by atoms with Gasteiger partial charge in [0.05, 0.1) is 31.9 Å². The number of hydrogen-bond donors (Lipinski definition) is 2. The Kier molecular flexibility index (Phi) is 8.14. The van der Waals surface area contributed by atoms with Crippen molar-refractivity contribution in [1.29, 1.82) is 0 Å². The first-order valence-corrected chi connectivity index (χ1v) is 11.7. The van der Waals surface area contributed by atoms with Crippen molar-refractivity contribution in [2.45, 2.75) is 25.4 Å². The van der Waals surface area contributed by atoms with Crippen LogP contribution in [0.15, 0.2) is 12.1 Å². The predicted molar refractivity (Wildman–Crippen MR) is 118 cm³/mol. The van der Waals surface area contributed by atoms with E-state index in [9.17, 15) is 23.2 Å². The molecule has 0 aliphatic carbocycles. The van der Waals surface area contributed by atoms with Crippen molar-refractivity contribution >= 4 is 29.3 Å². The first-order valence-electron chi connectivity index (χ1n) is 11.7. The lowest BCUT2D eigenvalue weighted by atomic mass is 9.97. The third-order valence-corrected chi connectivity index (χ3v) is 6.32. The number of nitrogens with zero attached hydrogens (tertiary/aromatic N) is 3. The lowest BCUT2D eigenvalue weighted by Crippen LogP contribution is -2.42. The second kappa shape index (κ2) is 11.3. The number of ether oxygens (including phenoxy) is 1. The van der Waals surface area contributed by atoms with E-state index in [2.05, 4.69) is 5.32 Å². The fourth-order valence-electron chi connectivity index (χ4n) is 4.46. The number of piperidine rings is 1. The summed E-state index contributed by atoms with van der Waals surface area (Å²) in [6.07, 6.45) is -3.70. The van der Waals surface area contributed by atoms with Crippen LogP contribution in [0.25, 0.3) is 0 Å². The molecule has 3 saturated heterocycles. The van der Waals surface area contributed by atoms with E-state index < -0.39 is 36.2 Å². The average molecular weight is 517 g/mol. The number of rotatable bonds is 6. The zero-order valence-electron chi connectivity index (χ0n) is 19.4. The Labute approximate surface area is 204 Å². The van der Waals surface area contributed by atoms with Gasteiger partial charge in [0.15, 0.2) is 11.6 Å². The monoisotopic (exact) mass is 517 g/mol. The molecule has 3 fully saturated rings. The molecule has 0 spiro atoms. The van der Waals surface area contributed by atoms with E-state index in [1.165, 1.54) is 9.96 Å². The molecule has 0 radical (unpaired) electrons. The zero-order chi connectivity index (χ0) is 25.8. The van der Waals surface area contributed by atoms with Crippen LogP contribution in [0.5, 0.6) is 0 Å². The third kappa shape index (κ3) is 5.81. The lowest BCUT2D eigenvalue weighted by molar-refractivity contribution is -0.187. The number of cyclic esters (lactones) is 1. The van der Waals surface area contributed by atoms with Crippen LogP contribution in [0.2, 0.25) is 0 Å². The minimum atomic E-state index is -3.21. The van der Waals surface area contributed by atoms with Gasteiger partial charge in [-0.2, -0.15) is 8.78 Å². The SMILES string of the molecule is O=C(NCC1CN(c2cc(F)c(N3CCON(C(=O)C4CCNCC4)CC3)c(F)c2)C(=O)O1)C(F)F. The summed E-state index contributed by atoms with van der Waals surface area (Å²) in [4.78, 5) is 43.9. The first kappa shape index (κ1) is 25.9. The number of amides is 3. The number of halogens is 4. The van der Waals surface area contributed by atoms with E-state index in [0.717, 1.165) is 30.1 Å². The van der Waals surface area contributed by atoms with Crippen molar-refractivity contribution in [3.63, 3.8) is 0 Å². The zero-order valence-corrected chi connectivity index (χ0v) is 19.4. The molecule has 3 heterocycles. The minimum Gasteiger partial charge on any atom is -0.442 e. The van der Waals surface area contributed by atoms with Crippen LogP contribution in [-0.2, 0) is 19.2 Å². The Morgan fingerprint density at radius 3 is 2.47 bits per heavy atom. The van der Waals surface area contributed by atoms with Crippen molar-refractivity contribution in [3.8, 4) is 0 Å². The maximum atomic E-state index is 15.1. The number of carbonyl (C=O) groups is 3. The van der Waals surface area contributed by atoms with Crippen LogP contribution in [0.4, 0.5) is 33.7 Å². The molecule has 3 aliphatic rings. The Bertz CT molecular complexity index is 971. The summed E-state index contributed by atoms with van der Waals surface area (Å²) in [5.41, 5.74) is -0.429. The molecule has 3 aliphatic heterocycles. The molecular weight excluding hydrogens is 490 g/mol. The van der Waals surface area contributed by atoms with Crippen molar-refractivity contribution < 1.29 is 41.5 Å². The largest absolute Gasteiger partial charge is 0.442 e. The molecule has 4 rings (SSSR count). The van der Waals surface area contributed by atoms with E-state index in [-0.39, 0.29) is 62.5 Å². The fraction of sp³-hybridized carbons (Fsp3) is 0.591. The highest BCUT2D eigenvalue weighted by atomic mass is 19.3. The van der Waals surface area contributed by atoms with Gasteiger partial charge in [0.25, 0.3) is 5.91 Å². The molecule has 1 atom stereocenters. The quantitative estimate of drug-likeness (QED) is 0.548. The Balaban J connectivity index is 1.40. The molecule has 2 N–H and O–H groups in total. The van der Waals surface area contributed by atoms with E-state index in [1.54, 1.807) is 0 Å². The molecule has 3 amide bonds. The molecule has 198 valence electrons. The maximum absolute atomic E-state index is 15.1. The number of benzene rings is 1. The molecule has 36 heavy (non-hydrogen) atoms. The lowest BCUT2D eigenvalue weighted by Gasteiger charge is -2.28. The molecule has 1 unspecified atom stereocenters. The minimum absolute atomic E-state index is 0.0574. The number of anilines is 2. The van der Waals surface area contributed by atoms with Crippen LogP contribution in [0.1, 0.15) is 12.8 Å².